The van der Waals surface area contributed by atoms with Gasteiger partial charge in [0.05, 0.1) is 35.7 Å². The highest BCUT2D eigenvalue weighted by Crippen LogP contribution is 2.32. The lowest BCUT2D eigenvalue weighted by Gasteiger charge is -2.46. The maximum absolute atomic E-state index is 15.1. The Bertz CT molecular complexity index is 666. The van der Waals surface area contributed by atoms with Gasteiger partial charge in [0.15, 0.2) is 0 Å². The van der Waals surface area contributed by atoms with Crippen molar-refractivity contribution in [2.45, 2.75) is 55.0 Å². The smallest absolute Gasteiger partial charge is 0.229 e. The van der Waals surface area contributed by atoms with Crippen LogP contribution in [-0.4, -0.2) is 110 Å². The summed E-state index contributed by atoms with van der Waals surface area (Å²) in [5.74, 6) is 1.00. The number of carbonyl (C=O) groups is 1. The minimum absolute atomic E-state index is 0.193. The Balaban J connectivity index is 1.22. The van der Waals surface area contributed by atoms with E-state index in [1.807, 2.05) is 11.8 Å². The molecule has 5 aliphatic heterocycles. The van der Waals surface area contributed by atoms with E-state index < -0.39 is 24.4 Å². The van der Waals surface area contributed by atoms with Crippen molar-refractivity contribution < 1.29 is 13.6 Å². The van der Waals surface area contributed by atoms with Crippen LogP contribution in [0, 0.1) is 11.8 Å². The van der Waals surface area contributed by atoms with Gasteiger partial charge in [-0.25, -0.2) is 19.2 Å². The van der Waals surface area contributed by atoms with Gasteiger partial charge in [0, 0.05) is 38.5 Å². The lowest BCUT2D eigenvalue weighted by atomic mass is 9.90. The standard InChI is InChI=1S/C20H36F2N8OS/c21-12-7-26-18-15(17(23)28-30(18)10-12)19(31)27-14-9-24-8-13(22)16(14)29-4-1-11(2-5-29)20-25-3-6-32-20/h11-18,20,24-26,28H,1-10,23H2,(H,27,31). The van der Waals surface area contributed by atoms with E-state index in [9.17, 15) is 9.18 Å². The van der Waals surface area contributed by atoms with Gasteiger partial charge in [-0.1, -0.05) is 0 Å². The minimum Gasteiger partial charge on any atom is -0.350 e. The van der Waals surface area contributed by atoms with E-state index >= 15 is 4.39 Å². The summed E-state index contributed by atoms with van der Waals surface area (Å²) in [4.78, 5) is 15.5. The van der Waals surface area contributed by atoms with E-state index in [1.54, 1.807) is 5.01 Å². The van der Waals surface area contributed by atoms with Gasteiger partial charge in [0.1, 0.15) is 12.3 Å². The molecule has 7 N–H and O–H groups in total. The molecule has 8 atom stereocenters. The van der Waals surface area contributed by atoms with Crippen molar-refractivity contribution >= 4 is 17.7 Å². The monoisotopic (exact) mass is 474 g/mol. The van der Waals surface area contributed by atoms with Crippen LogP contribution in [0.15, 0.2) is 0 Å². The number of fused-ring (bicyclic) bond motifs is 1. The van der Waals surface area contributed by atoms with Gasteiger partial charge in [0.25, 0.3) is 0 Å². The number of likely N-dealkylation sites (tertiary alicyclic amines) is 1. The normalized spacial score (nSPS) is 44.5. The van der Waals surface area contributed by atoms with Crippen LogP contribution in [0.2, 0.25) is 0 Å². The van der Waals surface area contributed by atoms with Crippen molar-refractivity contribution in [2.75, 3.05) is 51.6 Å². The average Bonchev–Trinajstić information content (AvgIpc) is 3.41. The van der Waals surface area contributed by atoms with Gasteiger partial charge in [0.2, 0.25) is 5.91 Å². The number of nitrogens with one attached hydrogen (secondary N) is 5. The van der Waals surface area contributed by atoms with Crippen LogP contribution in [0.4, 0.5) is 8.78 Å². The van der Waals surface area contributed by atoms with Crippen molar-refractivity contribution in [2.24, 2.45) is 17.6 Å². The van der Waals surface area contributed by atoms with Crippen LogP contribution in [0.3, 0.4) is 0 Å². The quantitative estimate of drug-likeness (QED) is 0.280. The minimum atomic E-state index is -1.04. The first-order valence-corrected chi connectivity index (χ1v) is 13.0. The number of carbonyl (C=O) groups excluding carboxylic acids is 1. The summed E-state index contributed by atoms with van der Waals surface area (Å²) in [7, 11) is 0. The molecule has 0 saturated carbocycles. The highest BCUT2D eigenvalue weighted by Gasteiger charge is 2.48. The fourth-order valence-electron chi connectivity index (χ4n) is 6.02. The van der Waals surface area contributed by atoms with Crippen LogP contribution < -0.4 is 32.4 Å². The number of hydrazine groups is 1. The molecule has 0 spiro atoms. The number of hydrogen-bond donors (Lipinski definition) is 6. The number of nitrogens with two attached hydrogens (primary N) is 1. The van der Waals surface area contributed by atoms with Gasteiger partial charge in [-0.05, 0) is 31.8 Å². The molecule has 0 bridgehead atoms. The third-order valence-electron chi connectivity index (χ3n) is 7.61. The van der Waals surface area contributed by atoms with Crippen molar-refractivity contribution in [3.8, 4) is 0 Å². The molecule has 8 unspecified atom stereocenters. The molecule has 5 aliphatic rings. The molecule has 9 nitrogen and oxygen atoms in total. The second-order valence-electron chi connectivity index (χ2n) is 9.68. The summed E-state index contributed by atoms with van der Waals surface area (Å²) in [5, 5.41) is 15.1. The molecule has 5 heterocycles. The molecule has 0 aromatic rings. The molecule has 1 amide bonds. The number of hydrogen-bond acceptors (Lipinski definition) is 9. The third-order valence-corrected chi connectivity index (χ3v) is 8.96. The first-order valence-electron chi connectivity index (χ1n) is 11.9. The Morgan fingerprint density at radius 1 is 1.12 bits per heavy atom. The van der Waals surface area contributed by atoms with E-state index in [0.717, 1.165) is 38.2 Å². The predicted octanol–water partition coefficient (Wildman–Crippen LogP) is -1.86. The largest absolute Gasteiger partial charge is 0.350 e. The number of thioether (sulfide) groups is 1. The SMILES string of the molecule is NC1NN2CC(F)CNC2C1C(=O)NC1CNCC(F)C1N1CCC(C2NCCS2)CC1. The molecular formula is C20H36F2N8OS. The highest BCUT2D eigenvalue weighted by molar-refractivity contribution is 8.00. The number of nitrogens with zero attached hydrogens (tertiary/aromatic N) is 2. The zero-order valence-electron chi connectivity index (χ0n) is 18.3. The third kappa shape index (κ3) is 4.65. The molecule has 12 heteroatoms. The zero-order valence-corrected chi connectivity index (χ0v) is 19.1. The van der Waals surface area contributed by atoms with Crippen molar-refractivity contribution in [3.05, 3.63) is 0 Å². The van der Waals surface area contributed by atoms with E-state index in [-0.39, 0.29) is 37.2 Å². The molecule has 0 aromatic heterocycles. The Morgan fingerprint density at radius 3 is 2.69 bits per heavy atom. The second kappa shape index (κ2) is 9.95. The van der Waals surface area contributed by atoms with Crippen LogP contribution in [0.5, 0.6) is 0 Å². The fourth-order valence-corrected chi connectivity index (χ4v) is 7.29. The molecule has 5 saturated heterocycles. The van der Waals surface area contributed by atoms with Crippen LogP contribution in [-0.2, 0) is 4.79 Å². The predicted molar refractivity (Wildman–Crippen MR) is 120 cm³/mol. The Kier molecular flexibility index (Phi) is 7.20. The fraction of sp³-hybridized carbons (Fsp3) is 0.950. The van der Waals surface area contributed by atoms with Gasteiger partial charge in [-0.3, -0.25) is 15.0 Å². The van der Waals surface area contributed by atoms with Gasteiger partial charge in [-0.15, -0.1) is 11.8 Å². The van der Waals surface area contributed by atoms with Crippen molar-refractivity contribution in [1.29, 1.82) is 0 Å². The van der Waals surface area contributed by atoms with E-state index in [2.05, 4.69) is 31.6 Å². The summed E-state index contributed by atoms with van der Waals surface area (Å²) in [6.07, 6.45) is -0.930. The summed E-state index contributed by atoms with van der Waals surface area (Å²) < 4.78 is 28.9. The average molecular weight is 475 g/mol. The molecule has 182 valence electrons. The van der Waals surface area contributed by atoms with Crippen LogP contribution >= 0.6 is 11.8 Å². The van der Waals surface area contributed by atoms with Crippen LogP contribution in [0.1, 0.15) is 12.8 Å². The first-order chi connectivity index (χ1) is 15.5. The summed E-state index contributed by atoms with van der Waals surface area (Å²) >= 11 is 2.00. The molecule has 0 radical (unpaired) electrons. The summed E-state index contributed by atoms with van der Waals surface area (Å²) in [5.41, 5.74) is 9.19. The second-order valence-corrected chi connectivity index (χ2v) is 10.9. The van der Waals surface area contributed by atoms with Crippen molar-refractivity contribution in [3.63, 3.8) is 0 Å². The van der Waals surface area contributed by atoms with Gasteiger partial charge in [-0.2, -0.15) is 0 Å². The number of alkyl halides is 2. The molecular weight excluding hydrogens is 438 g/mol. The summed E-state index contributed by atoms with van der Waals surface area (Å²) in [6.45, 7) is 3.99. The maximum Gasteiger partial charge on any atom is 0.229 e. The lowest BCUT2D eigenvalue weighted by Crippen LogP contribution is -2.67. The van der Waals surface area contributed by atoms with Gasteiger partial charge < -0.3 is 21.7 Å². The number of piperidine rings is 2. The number of halogens is 2. The Morgan fingerprint density at radius 2 is 1.94 bits per heavy atom. The highest BCUT2D eigenvalue weighted by atomic mass is 32.2. The lowest BCUT2D eigenvalue weighted by molar-refractivity contribution is -0.128. The van der Waals surface area contributed by atoms with E-state index in [1.165, 1.54) is 0 Å². The Labute approximate surface area is 192 Å². The molecule has 5 fully saturated rings. The van der Waals surface area contributed by atoms with Gasteiger partial charge >= 0.3 is 0 Å². The van der Waals surface area contributed by atoms with Crippen molar-refractivity contribution in [1.82, 2.24) is 36.6 Å². The zero-order chi connectivity index (χ0) is 22.2. The van der Waals surface area contributed by atoms with E-state index in [0.29, 0.717) is 24.4 Å². The molecule has 0 aliphatic carbocycles. The first kappa shape index (κ1) is 23.2. The van der Waals surface area contributed by atoms with E-state index in [4.69, 9.17) is 5.73 Å². The Hall–Kier alpha value is -0.600. The summed E-state index contributed by atoms with van der Waals surface area (Å²) in [6, 6.07) is -0.679. The topological polar surface area (TPSA) is 110 Å². The van der Waals surface area contributed by atoms with Crippen LogP contribution in [0.25, 0.3) is 0 Å². The number of rotatable bonds is 4. The number of amides is 1. The molecule has 0 aromatic carbocycles. The maximum atomic E-state index is 15.1. The molecule has 5 rings (SSSR count). The molecule has 32 heavy (non-hydrogen) atoms.